The summed E-state index contributed by atoms with van der Waals surface area (Å²) in [5.41, 5.74) is 8.04. The molecule has 0 aliphatic heterocycles. The van der Waals surface area contributed by atoms with Crippen LogP contribution in [0.2, 0.25) is 0 Å². The van der Waals surface area contributed by atoms with Crippen molar-refractivity contribution in [2.75, 3.05) is 19.8 Å². The van der Waals surface area contributed by atoms with Crippen LogP contribution in [0.25, 0.3) is 11.3 Å². The van der Waals surface area contributed by atoms with Crippen molar-refractivity contribution in [2.24, 2.45) is 11.1 Å². The Morgan fingerprint density at radius 2 is 1.78 bits per heavy atom. The molecule has 3 atom stereocenters. The topological polar surface area (TPSA) is 93.6 Å². The zero-order valence-electron chi connectivity index (χ0n) is 20.8. The second-order valence-corrected chi connectivity index (χ2v) is 10.5. The third kappa shape index (κ3) is 7.12. The summed E-state index contributed by atoms with van der Waals surface area (Å²) in [6.45, 7) is 5.47. The first kappa shape index (κ1) is 28.2. The van der Waals surface area contributed by atoms with Crippen LogP contribution in [0.3, 0.4) is 0 Å². The zero-order chi connectivity index (χ0) is 26.3. The molecule has 36 heavy (non-hydrogen) atoms. The molecule has 1 aromatic heterocycles. The molecule has 9 heteroatoms. The molecule has 194 valence electrons. The standard InChI is InChI=1S/C27H34FIN4O3/c1-27(2,3)25(33(24(35)18-36-29)15-21(28)22(30)17-34)26-31-23(20-12-8-5-9-13-20)16-32(26)14-19-10-6-4-7-11-19/h4-13,16,21-22,25,34H,14-15,17-18,30H2,1-3H3/t21-,22+,25-/m0/s1. The van der Waals surface area contributed by atoms with Crippen LogP contribution >= 0.6 is 23.0 Å². The number of nitrogens with two attached hydrogens (primary N) is 1. The average molecular weight is 608 g/mol. The van der Waals surface area contributed by atoms with Gasteiger partial charge >= 0.3 is 0 Å². The Hall–Kier alpha value is -2.34. The Balaban J connectivity index is 2.16. The maximum atomic E-state index is 15.1. The third-order valence-corrected chi connectivity index (χ3v) is 6.31. The van der Waals surface area contributed by atoms with Crippen molar-refractivity contribution >= 4 is 28.9 Å². The number of nitrogens with zero attached hydrogens (tertiary/aromatic N) is 3. The van der Waals surface area contributed by atoms with Crippen LogP contribution in [0.4, 0.5) is 4.39 Å². The fraction of sp³-hybridized carbons (Fsp3) is 0.407. The summed E-state index contributed by atoms with van der Waals surface area (Å²) in [6, 6.07) is 18.1. The maximum absolute atomic E-state index is 15.1. The van der Waals surface area contributed by atoms with E-state index in [1.54, 1.807) is 23.0 Å². The number of carbonyl (C=O) groups is 1. The summed E-state index contributed by atoms with van der Waals surface area (Å²) in [5, 5.41) is 9.40. The molecule has 3 aromatic rings. The second kappa shape index (κ2) is 12.8. The molecule has 0 aliphatic carbocycles. The first-order valence-electron chi connectivity index (χ1n) is 11.9. The number of aliphatic hydroxyl groups excluding tert-OH is 1. The van der Waals surface area contributed by atoms with E-state index in [0.29, 0.717) is 12.4 Å². The van der Waals surface area contributed by atoms with Gasteiger partial charge < -0.3 is 23.4 Å². The quantitative estimate of drug-likeness (QED) is 0.312. The van der Waals surface area contributed by atoms with Crippen LogP contribution in [0.5, 0.6) is 0 Å². The highest BCUT2D eigenvalue weighted by molar-refractivity contribution is 14.1. The van der Waals surface area contributed by atoms with Gasteiger partial charge in [-0.2, -0.15) is 0 Å². The minimum Gasteiger partial charge on any atom is -0.395 e. The molecule has 7 nitrogen and oxygen atoms in total. The predicted molar refractivity (Wildman–Crippen MR) is 147 cm³/mol. The minimum absolute atomic E-state index is 0.223. The van der Waals surface area contributed by atoms with Crippen LogP contribution < -0.4 is 5.73 Å². The van der Waals surface area contributed by atoms with Gasteiger partial charge in [0.1, 0.15) is 41.6 Å². The minimum atomic E-state index is -1.62. The molecule has 0 fully saturated rings. The highest BCUT2D eigenvalue weighted by Crippen LogP contribution is 2.39. The van der Waals surface area contributed by atoms with Crippen molar-refractivity contribution in [3.8, 4) is 11.3 Å². The van der Waals surface area contributed by atoms with E-state index in [9.17, 15) is 9.90 Å². The van der Waals surface area contributed by atoms with E-state index >= 15 is 4.39 Å². The predicted octanol–water partition coefficient (Wildman–Crippen LogP) is 4.54. The van der Waals surface area contributed by atoms with Gasteiger partial charge in [-0.25, -0.2) is 9.37 Å². The number of alkyl halides is 1. The highest BCUT2D eigenvalue weighted by atomic mass is 127. The maximum Gasteiger partial charge on any atom is 0.250 e. The molecule has 0 aliphatic rings. The van der Waals surface area contributed by atoms with Gasteiger partial charge in [0.15, 0.2) is 0 Å². The van der Waals surface area contributed by atoms with E-state index in [-0.39, 0.29) is 19.1 Å². The number of benzene rings is 2. The molecule has 0 saturated carbocycles. The molecule has 0 saturated heterocycles. The van der Waals surface area contributed by atoms with Crippen LogP contribution in [-0.4, -0.2) is 57.4 Å². The Labute approximate surface area is 226 Å². The molecule has 0 unspecified atom stereocenters. The van der Waals surface area contributed by atoms with Crippen molar-refractivity contribution in [1.82, 2.24) is 14.5 Å². The second-order valence-electron chi connectivity index (χ2n) is 9.89. The lowest BCUT2D eigenvalue weighted by atomic mass is 9.84. The Morgan fingerprint density at radius 3 is 2.33 bits per heavy atom. The normalized spacial score (nSPS) is 14.3. The number of carbonyl (C=O) groups excluding carboxylic acids is 1. The Kier molecular flexibility index (Phi) is 10.0. The van der Waals surface area contributed by atoms with Gasteiger partial charge in [0.05, 0.1) is 30.9 Å². The molecule has 0 spiro atoms. The largest absolute Gasteiger partial charge is 0.395 e. The first-order valence-corrected chi connectivity index (χ1v) is 12.7. The van der Waals surface area contributed by atoms with E-state index in [0.717, 1.165) is 16.8 Å². The smallest absolute Gasteiger partial charge is 0.250 e. The molecule has 0 bridgehead atoms. The van der Waals surface area contributed by atoms with Crippen LogP contribution in [0.15, 0.2) is 66.9 Å². The van der Waals surface area contributed by atoms with E-state index in [1.165, 1.54) is 4.90 Å². The van der Waals surface area contributed by atoms with Crippen molar-refractivity contribution in [3.05, 3.63) is 78.2 Å². The lowest BCUT2D eigenvalue weighted by molar-refractivity contribution is -0.139. The van der Waals surface area contributed by atoms with Gasteiger partial charge in [0, 0.05) is 18.3 Å². The van der Waals surface area contributed by atoms with Crippen molar-refractivity contribution in [3.63, 3.8) is 0 Å². The van der Waals surface area contributed by atoms with Crippen molar-refractivity contribution in [1.29, 1.82) is 0 Å². The van der Waals surface area contributed by atoms with E-state index < -0.39 is 30.3 Å². The van der Waals surface area contributed by atoms with E-state index in [1.807, 2.05) is 92.2 Å². The molecule has 0 radical (unpaired) electrons. The van der Waals surface area contributed by atoms with Crippen LogP contribution in [0.1, 0.15) is 38.2 Å². The number of hydrogen-bond donors (Lipinski definition) is 2. The average Bonchev–Trinajstić information content (AvgIpc) is 3.26. The van der Waals surface area contributed by atoms with Crippen LogP contribution in [0, 0.1) is 5.41 Å². The fourth-order valence-corrected chi connectivity index (χ4v) is 4.48. The lowest BCUT2D eigenvalue weighted by Crippen LogP contribution is -2.50. The summed E-state index contributed by atoms with van der Waals surface area (Å²) in [6.07, 6.45) is 0.351. The van der Waals surface area contributed by atoms with Crippen molar-refractivity contribution in [2.45, 2.75) is 45.6 Å². The Morgan fingerprint density at radius 1 is 1.17 bits per heavy atom. The number of halogens is 2. The summed E-state index contributed by atoms with van der Waals surface area (Å²) in [5.74, 6) is 0.254. The number of amides is 1. The highest BCUT2D eigenvalue weighted by Gasteiger charge is 2.40. The zero-order valence-corrected chi connectivity index (χ0v) is 23.0. The van der Waals surface area contributed by atoms with Gasteiger partial charge in [0.2, 0.25) is 5.91 Å². The molecule has 3 N–H and O–H groups in total. The summed E-state index contributed by atoms with van der Waals surface area (Å²) >= 11 is 1.66. The SMILES string of the molecule is CC(C)(C)[C@H](c1nc(-c2ccccc2)cn1Cc1ccccc1)N(C[C@H](F)[C@H](N)CO)C(=O)COI. The monoisotopic (exact) mass is 608 g/mol. The van der Waals surface area contributed by atoms with Crippen LogP contribution in [-0.2, 0) is 14.4 Å². The molecule has 2 aromatic carbocycles. The molecule has 1 amide bonds. The van der Waals surface area contributed by atoms with Crippen molar-refractivity contribution < 1.29 is 17.4 Å². The molecular weight excluding hydrogens is 574 g/mol. The van der Waals surface area contributed by atoms with Gasteiger partial charge in [-0.05, 0) is 11.0 Å². The number of aromatic nitrogens is 2. The summed E-state index contributed by atoms with van der Waals surface area (Å²) in [7, 11) is 0. The van der Waals surface area contributed by atoms with Gasteiger partial charge in [-0.15, -0.1) is 0 Å². The van der Waals surface area contributed by atoms with Gasteiger partial charge in [-0.3, -0.25) is 4.79 Å². The van der Waals surface area contributed by atoms with E-state index in [4.69, 9.17) is 13.8 Å². The van der Waals surface area contributed by atoms with Gasteiger partial charge in [-0.1, -0.05) is 81.4 Å². The van der Waals surface area contributed by atoms with E-state index in [2.05, 4.69) is 0 Å². The summed E-state index contributed by atoms with van der Waals surface area (Å²) < 4.78 is 22.2. The number of hydrogen-bond acceptors (Lipinski definition) is 5. The molecule has 3 rings (SSSR count). The molecule has 1 heterocycles. The Bertz CT molecular complexity index is 1110. The lowest BCUT2D eigenvalue weighted by Gasteiger charge is -2.40. The third-order valence-electron chi connectivity index (χ3n) is 5.99. The first-order chi connectivity index (χ1) is 17.2. The number of imidazole rings is 1. The molecular formula is C27H34FIN4O3. The number of aliphatic hydroxyl groups is 1. The van der Waals surface area contributed by atoms with Gasteiger partial charge in [0.25, 0.3) is 0 Å². The summed E-state index contributed by atoms with van der Waals surface area (Å²) in [4.78, 5) is 19.7. The number of rotatable bonds is 11. The fourth-order valence-electron chi connectivity index (χ4n) is 4.22.